The molecule has 0 radical (unpaired) electrons. The number of anilines is 2. The first-order valence-corrected chi connectivity index (χ1v) is 16.7. The molecule has 1 aliphatic rings. The number of amides is 1. The lowest BCUT2D eigenvalue weighted by molar-refractivity contribution is -0.120. The SMILES string of the molecule is O=C(Nc1ccc(S(=O)(=O)Nc2cccc3ccccc23)cc1)C1CCN(S(=O)(=O)CCCc2ccccc2)CC1. The molecule has 4 aromatic carbocycles. The molecule has 1 heterocycles. The lowest BCUT2D eigenvalue weighted by Crippen LogP contribution is -2.42. The monoisotopic (exact) mass is 591 g/mol. The molecule has 5 rings (SSSR count). The Bertz CT molecular complexity index is 1710. The normalized spacial score (nSPS) is 15.0. The zero-order chi connectivity index (χ0) is 28.9. The Morgan fingerprint density at radius 2 is 1.44 bits per heavy atom. The van der Waals surface area contributed by atoms with Crippen LogP contribution in [-0.4, -0.2) is 45.9 Å². The molecule has 4 aromatic rings. The third-order valence-electron chi connectivity index (χ3n) is 7.39. The van der Waals surface area contributed by atoms with Crippen molar-refractivity contribution in [3.8, 4) is 0 Å². The molecule has 214 valence electrons. The van der Waals surface area contributed by atoms with Crippen LogP contribution in [0.15, 0.2) is 102 Å². The number of hydrogen-bond acceptors (Lipinski definition) is 5. The third kappa shape index (κ3) is 7.13. The fraction of sp³-hybridized carbons (Fsp3) is 0.258. The van der Waals surface area contributed by atoms with E-state index in [2.05, 4.69) is 10.0 Å². The van der Waals surface area contributed by atoms with E-state index in [0.717, 1.165) is 16.3 Å². The number of hydrogen-bond donors (Lipinski definition) is 2. The summed E-state index contributed by atoms with van der Waals surface area (Å²) in [5.41, 5.74) is 2.09. The van der Waals surface area contributed by atoms with Gasteiger partial charge in [0.2, 0.25) is 15.9 Å². The molecule has 10 heteroatoms. The van der Waals surface area contributed by atoms with E-state index in [1.54, 1.807) is 24.3 Å². The summed E-state index contributed by atoms with van der Waals surface area (Å²) >= 11 is 0. The van der Waals surface area contributed by atoms with Crippen molar-refractivity contribution < 1.29 is 21.6 Å². The van der Waals surface area contributed by atoms with Gasteiger partial charge in [0.05, 0.1) is 16.3 Å². The number of rotatable bonds is 10. The largest absolute Gasteiger partial charge is 0.326 e. The number of piperidine rings is 1. The number of carbonyl (C=O) groups is 1. The summed E-state index contributed by atoms with van der Waals surface area (Å²) in [5, 5.41) is 4.58. The number of nitrogens with one attached hydrogen (secondary N) is 2. The van der Waals surface area contributed by atoms with Gasteiger partial charge in [-0.1, -0.05) is 66.7 Å². The molecule has 1 fully saturated rings. The van der Waals surface area contributed by atoms with Gasteiger partial charge in [0.15, 0.2) is 0 Å². The fourth-order valence-electron chi connectivity index (χ4n) is 5.11. The Hall–Kier alpha value is -3.73. The first-order valence-electron chi connectivity index (χ1n) is 13.6. The molecule has 1 aliphatic heterocycles. The fourth-order valence-corrected chi connectivity index (χ4v) is 7.72. The van der Waals surface area contributed by atoms with Crippen LogP contribution >= 0.6 is 0 Å². The highest BCUT2D eigenvalue weighted by atomic mass is 32.2. The van der Waals surface area contributed by atoms with Gasteiger partial charge in [0.1, 0.15) is 0 Å². The van der Waals surface area contributed by atoms with E-state index in [1.165, 1.54) is 16.4 Å². The predicted molar refractivity (Wildman–Crippen MR) is 163 cm³/mol. The average Bonchev–Trinajstić information content (AvgIpc) is 2.98. The Balaban J connectivity index is 1.13. The number of fused-ring (bicyclic) bond motifs is 1. The van der Waals surface area contributed by atoms with E-state index in [1.807, 2.05) is 60.7 Å². The van der Waals surface area contributed by atoms with E-state index in [9.17, 15) is 21.6 Å². The predicted octanol–water partition coefficient (Wildman–Crippen LogP) is 5.25. The van der Waals surface area contributed by atoms with Crippen LogP contribution in [0.4, 0.5) is 11.4 Å². The Kier molecular flexibility index (Phi) is 8.72. The highest BCUT2D eigenvalue weighted by Crippen LogP contribution is 2.27. The van der Waals surface area contributed by atoms with Crippen molar-refractivity contribution in [2.45, 2.75) is 30.6 Å². The first kappa shape index (κ1) is 28.8. The third-order valence-corrected chi connectivity index (χ3v) is 10.7. The maximum atomic E-state index is 13.0. The van der Waals surface area contributed by atoms with Crippen molar-refractivity contribution in [3.63, 3.8) is 0 Å². The molecule has 41 heavy (non-hydrogen) atoms. The second-order valence-electron chi connectivity index (χ2n) is 10.2. The van der Waals surface area contributed by atoms with Crippen molar-refractivity contribution in [3.05, 3.63) is 103 Å². The van der Waals surface area contributed by atoms with E-state index in [0.29, 0.717) is 50.1 Å². The highest BCUT2D eigenvalue weighted by Gasteiger charge is 2.31. The molecule has 8 nitrogen and oxygen atoms in total. The topological polar surface area (TPSA) is 113 Å². The van der Waals surface area contributed by atoms with Gasteiger partial charge in [-0.15, -0.1) is 0 Å². The molecule has 0 aliphatic carbocycles. The Morgan fingerprint density at radius 3 is 2.17 bits per heavy atom. The second-order valence-corrected chi connectivity index (χ2v) is 14.0. The average molecular weight is 592 g/mol. The zero-order valence-corrected chi connectivity index (χ0v) is 24.2. The molecule has 0 aromatic heterocycles. The van der Waals surface area contributed by atoms with Crippen molar-refractivity contribution in [2.24, 2.45) is 5.92 Å². The minimum absolute atomic E-state index is 0.0780. The summed E-state index contributed by atoms with van der Waals surface area (Å²) in [5.74, 6) is -0.429. The van der Waals surface area contributed by atoms with Gasteiger partial charge in [-0.2, -0.15) is 0 Å². The van der Waals surface area contributed by atoms with Crippen LogP contribution in [-0.2, 0) is 31.3 Å². The summed E-state index contributed by atoms with van der Waals surface area (Å²) in [6, 6.07) is 28.8. The van der Waals surface area contributed by atoms with Crippen LogP contribution in [0.1, 0.15) is 24.8 Å². The van der Waals surface area contributed by atoms with Crippen molar-refractivity contribution >= 4 is 48.1 Å². The Labute approximate surface area is 241 Å². The van der Waals surface area contributed by atoms with Crippen LogP contribution in [0.2, 0.25) is 0 Å². The smallest absolute Gasteiger partial charge is 0.261 e. The molecule has 0 atom stereocenters. The van der Waals surface area contributed by atoms with Crippen molar-refractivity contribution in [2.75, 3.05) is 28.9 Å². The highest BCUT2D eigenvalue weighted by molar-refractivity contribution is 7.92. The van der Waals surface area contributed by atoms with Gasteiger partial charge in [0, 0.05) is 30.1 Å². The lowest BCUT2D eigenvalue weighted by atomic mass is 9.97. The van der Waals surface area contributed by atoms with Gasteiger partial charge >= 0.3 is 0 Å². The number of carbonyl (C=O) groups excluding carboxylic acids is 1. The summed E-state index contributed by atoms with van der Waals surface area (Å²) in [4.78, 5) is 13.0. The maximum Gasteiger partial charge on any atom is 0.261 e. The number of benzene rings is 4. The van der Waals surface area contributed by atoms with Crippen LogP contribution in [0.3, 0.4) is 0 Å². The molecular formula is C31H33N3O5S2. The quantitative estimate of drug-likeness (QED) is 0.262. The first-order chi connectivity index (χ1) is 19.7. The van der Waals surface area contributed by atoms with Crippen LogP contribution in [0.25, 0.3) is 10.8 Å². The van der Waals surface area contributed by atoms with Crippen molar-refractivity contribution in [1.82, 2.24) is 4.31 Å². The molecule has 0 unspecified atom stereocenters. The molecule has 1 amide bonds. The van der Waals surface area contributed by atoms with E-state index < -0.39 is 20.0 Å². The number of aryl methyl sites for hydroxylation is 1. The van der Waals surface area contributed by atoms with Gasteiger partial charge < -0.3 is 5.32 Å². The van der Waals surface area contributed by atoms with Crippen LogP contribution in [0.5, 0.6) is 0 Å². The molecule has 0 saturated carbocycles. The summed E-state index contributed by atoms with van der Waals surface area (Å²) in [7, 11) is -7.21. The number of nitrogens with zero attached hydrogens (tertiary/aromatic N) is 1. The van der Waals surface area contributed by atoms with Crippen LogP contribution in [0, 0.1) is 5.92 Å². The number of sulfonamides is 2. The van der Waals surface area contributed by atoms with E-state index in [-0.39, 0.29) is 22.5 Å². The lowest BCUT2D eigenvalue weighted by Gasteiger charge is -2.30. The molecule has 0 bridgehead atoms. The molecule has 1 saturated heterocycles. The standard InChI is InChI=1S/C31H33N3O5S2/c35-31(26-19-21-34(22-20-26)40(36,37)23-7-10-24-8-2-1-3-9-24)32-27-15-17-28(18-16-27)41(38,39)33-30-14-6-12-25-11-4-5-13-29(25)30/h1-6,8-9,11-18,26,33H,7,10,19-23H2,(H,32,35). The maximum absolute atomic E-state index is 13.0. The Morgan fingerprint density at radius 1 is 0.780 bits per heavy atom. The van der Waals surface area contributed by atoms with Crippen molar-refractivity contribution in [1.29, 1.82) is 0 Å². The second kappa shape index (κ2) is 12.4. The van der Waals surface area contributed by atoms with Crippen LogP contribution < -0.4 is 10.0 Å². The van der Waals surface area contributed by atoms with E-state index >= 15 is 0 Å². The minimum atomic E-state index is -3.84. The van der Waals surface area contributed by atoms with Gasteiger partial charge in [-0.05, 0) is 67.0 Å². The molecule has 0 spiro atoms. The van der Waals surface area contributed by atoms with E-state index in [4.69, 9.17) is 0 Å². The van der Waals surface area contributed by atoms with Gasteiger partial charge in [-0.25, -0.2) is 21.1 Å². The zero-order valence-electron chi connectivity index (χ0n) is 22.6. The summed E-state index contributed by atoms with van der Waals surface area (Å²) in [6.45, 7) is 0.617. The summed E-state index contributed by atoms with van der Waals surface area (Å²) in [6.07, 6.45) is 2.13. The molecular weight excluding hydrogens is 558 g/mol. The minimum Gasteiger partial charge on any atom is -0.326 e. The molecule has 2 N–H and O–H groups in total. The summed E-state index contributed by atoms with van der Waals surface area (Å²) < 4.78 is 55.8. The van der Waals surface area contributed by atoms with Gasteiger partial charge in [-0.3, -0.25) is 9.52 Å². The van der Waals surface area contributed by atoms with Gasteiger partial charge in [0.25, 0.3) is 10.0 Å².